The van der Waals surface area contributed by atoms with Gasteiger partial charge in [-0.25, -0.2) is 0 Å². The Bertz CT molecular complexity index is 709. The van der Waals surface area contributed by atoms with Gasteiger partial charge in [0.1, 0.15) is 4.83 Å². The molecule has 2 aromatic heterocycles. The average Bonchev–Trinajstić information content (AvgIpc) is 2.59. The Kier molecular flexibility index (Phi) is 4.23. The van der Waals surface area contributed by atoms with Gasteiger partial charge in [-0.3, -0.25) is 9.36 Å². The Balaban J connectivity index is 2.47. The smallest absolute Gasteiger partial charge is 0.263 e. The molecule has 0 amide bonds. The molecule has 0 spiro atoms. The second kappa shape index (κ2) is 5.56. The number of hydrogen-bond donors (Lipinski definition) is 1. The predicted octanol–water partition coefficient (Wildman–Crippen LogP) is 2.69. The number of thiophene rings is 1. The van der Waals surface area contributed by atoms with Crippen LogP contribution in [0.2, 0.25) is 0 Å². The minimum Gasteiger partial charge on any atom is -0.323 e. The lowest BCUT2D eigenvalue weighted by Gasteiger charge is -2.10. The summed E-state index contributed by atoms with van der Waals surface area (Å²) in [7, 11) is 4.05. The molecule has 2 rings (SSSR count). The topological polar surface area (TPSA) is 41.0 Å². The quantitative estimate of drug-likeness (QED) is 0.882. The molecular formula is C13H19N3OS2. The van der Waals surface area contributed by atoms with Crippen LogP contribution in [0.15, 0.2) is 4.79 Å². The summed E-state index contributed by atoms with van der Waals surface area (Å²) in [6, 6.07) is 0. The molecule has 6 heteroatoms. The lowest BCUT2D eigenvalue weighted by Crippen LogP contribution is -2.24. The van der Waals surface area contributed by atoms with Crippen LogP contribution in [-0.2, 0) is 6.54 Å². The summed E-state index contributed by atoms with van der Waals surface area (Å²) in [6.45, 7) is 5.64. The molecule has 0 saturated heterocycles. The van der Waals surface area contributed by atoms with Gasteiger partial charge in [0.05, 0.1) is 5.39 Å². The van der Waals surface area contributed by atoms with Crippen molar-refractivity contribution in [3.63, 3.8) is 0 Å². The zero-order valence-electron chi connectivity index (χ0n) is 11.7. The van der Waals surface area contributed by atoms with Gasteiger partial charge in [0.15, 0.2) is 4.77 Å². The van der Waals surface area contributed by atoms with Gasteiger partial charge in [0.2, 0.25) is 0 Å². The normalized spacial score (nSPS) is 11.6. The maximum atomic E-state index is 12.5. The van der Waals surface area contributed by atoms with Gasteiger partial charge in [-0.05, 0) is 58.7 Å². The SMILES string of the molecule is Cc1sc2[nH]c(=S)n(CCCN(C)C)c(=O)c2c1C. The fourth-order valence-electron chi connectivity index (χ4n) is 2.11. The summed E-state index contributed by atoms with van der Waals surface area (Å²) in [6.07, 6.45) is 0.915. The molecule has 0 radical (unpaired) electrons. The van der Waals surface area contributed by atoms with E-state index in [1.165, 1.54) is 4.88 Å². The molecule has 0 bridgehead atoms. The van der Waals surface area contributed by atoms with Crippen LogP contribution in [0.4, 0.5) is 0 Å². The number of fused-ring (bicyclic) bond motifs is 1. The summed E-state index contributed by atoms with van der Waals surface area (Å²) >= 11 is 6.90. The second-order valence-electron chi connectivity index (χ2n) is 5.03. The molecule has 0 aromatic carbocycles. The largest absolute Gasteiger partial charge is 0.323 e. The summed E-state index contributed by atoms with van der Waals surface area (Å²) in [5, 5.41) is 0.793. The first-order chi connectivity index (χ1) is 8.91. The number of nitrogens with one attached hydrogen (secondary N) is 1. The highest BCUT2D eigenvalue weighted by Crippen LogP contribution is 2.25. The van der Waals surface area contributed by atoms with Crippen molar-refractivity contribution in [2.24, 2.45) is 0 Å². The molecule has 0 aliphatic rings. The molecule has 2 aromatic rings. The van der Waals surface area contributed by atoms with Gasteiger partial charge in [-0.15, -0.1) is 11.3 Å². The molecule has 0 unspecified atom stereocenters. The minimum atomic E-state index is 0.0411. The third kappa shape index (κ3) is 2.80. The van der Waals surface area contributed by atoms with E-state index in [0.717, 1.165) is 28.7 Å². The monoisotopic (exact) mass is 297 g/mol. The maximum Gasteiger partial charge on any atom is 0.263 e. The van der Waals surface area contributed by atoms with Crippen LogP contribution in [0.5, 0.6) is 0 Å². The van der Waals surface area contributed by atoms with Crippen LogP contribution in [0.3, 0.4) is 0 Å². The van der Waals surface area contributed by atoms with E-state index < -0.39 is 0 Å². The number of aryl methyl sites for hydroxylation is 2. The second-order valence-corrected chi connectivity index (χ2v) is 6.64. The van der Waals surface area contributed by atoms with Gasteiger partial charge >= 0.3 is 0 Å². The highest BCUT2D eigenvalue weighted by atomic mass is 32.1. The first-order valence-corrected chi connectivity index (χ1v) is 7.52. The number of hydrogen-bond acceptors (Lipinski definition) is 4. The number of aromatic nitrogens is 2. The standard InChI is InChI=1S/C13H19N3OS2/c1-8-9(2)19-11-10(8)12(17)16(13(18)14-11)7-5-6-15(3)4/h5-7H2,1-4H3,(H,14,18). The van der Waals surface area contributed by atoms with Crippen molar-refractivity contribution >= 4 is 33.8 Å². The summed E-state index contributed by atoms with van der Waals surface area (Å²) in [5.74, 6) is 0. The van der Waals surface area contributed by atoms with E-state index in [0.29, 0.717) is 11.3 Å². The minimum absolute atomic E-state index is 0.0411. The molecular weight excluding hydrogens is 278 g/mol. The average molecular weight is 297 g/mol. The number of H-pyrrole nitrogens is 1. The first kappa shape index (κ1) is 14.4. The molecule has 0 atom stereocenters. The van der Waals surface area contributed by atoms with Crippen LogP contribution >= 0.6 is 23.6 Å². The Hall–Kier alpha value is -0.980. The fourth-order valence-corrected chi connectivity index (χ4v) is 3.50. The number of rotatable bonds is 4. The zero-order valence-corrected chi connectivity index (χ0v) is 13.4. The zero-order chi connectivity index (χ0) is 14.2. The number of nitrogens with zero attached hydrogens (tertiary/aromatic N) is 2. The molecule has 1 N–H and O–H groups in total. The molecule has 0 saturated carbocycles. The van der Waals surface area contributed by atoms with E-state index in [9.17, 15) is 4.79 Å². The van der Waals surface area contributed by atoms with Crippen LogP contribution in [0, 0.1) is 18.6 Å². The molecule has 0 aliphatic heterocycles. The maximum absolute atomic E-state index is 12.5. The van der Waals surface area contributed by atoms with E-state index in [-0.39, 0.29) is 5.56 Å². The van der Waals surface area contributed by atoms with E-state index in [1.807, 2.05) is 27.9 Å². The Morgan fingerprint density at radius 3 is 2.68 bits per heavy atom. The number of aromatic amines is 1. The van der Waals surface area contributed by atoms with Crippen molar-refractivity contribution in [2.45, 2.75) is 26.8 Å². The van der Waals surface area contributed by atoms with Crippen molar-refractivity contribution in [3.05, 3.63) is 25.6 Å². The molecule has 19 heavy (non-hydrogen) atoms. The van der Waals surface area contributed by atoms with Gasteiger partial charge in [0, 0.05) is 11.4 Å². The van der Waals surface area contributed by atoms with Crippen LogP contribution in [0.1, 0.15) is 16.9 Å². The third-order valence-electron chi connectivity index (χ3n) is 3.30. The van der Waals surface area contributed by atoms with Crippen molar-refractivity contribution in [2.75, 3.05) is 20.6 Å². The van der Waals surface area contributed by atoms with E-state index >= 15 is 0 Å². The van der Waals surface area contributed by atoms with Gasteiger partial charge in [-0.2, -0.15) is 0 Å². The molecule has 4 nitrogen and oxygen atoms in total. The Labute approximate surface area is 121 Å². The lowest BCUT2D eigenvalue weighted by atomic mass is 10.2. The van der Waals surface area contributed by atoms with Gasteiger partial charge < -0.3 is 9.88 Å². The molecule has 2 heterocycles. The Morgan fingerprint density at radius 1 is 1.37 bits per heavy atom. The molecule has 0 aliphatic carbocycles. The van der Waals surface area contributed by atoms with Crippen molar-refractivity contribution in [1.82, 2.24) is 14.5 Å². The predicted molar refractivity (Wildman–Crippen MR) is 83.9 cm³/mol. The van der Waals surface area contributed by atoms with E-state index in [1.54, 1.807) is 15.9 Å². The van der Waals surface area contributed by atoms with Crippen LogP contribution < -0.4 is 5.56 Å². The van der Waals surface area contributed by atoms with Crippen LogP contribution in [0.25, 0.3) is 10.2 Å². The van der Waals surface area contributed by atoms with Crippen molar-refractivity contribution in [3.8, 4) is 0 Å². The van der Waals surface area contributed by atoms with Crippen LogP contribution in [-0.4, -0.2) is 35.1 Å². The van der Waals surface area contributed by atoms with E-state index in [2.05, 4.69) is 9.88 Å². The van der Waals surface area contributed by atoms with Gasteiger partial charge in [0.25, 0.3) is 5.56 Å². The summed E-state index contributed by atoms with van der Waals surface area (Å²) in [5.41, 5.74) is 1.11. The Morgan fingerprint density at radius 2 is 2.05 bits per heavy atom. The van der Waals surface area contributed by atoms with Gasteiger partial charge in [-0.1, -0.05) is 0 Å². The summed E-state index contributed by atoms with van der Waals surface area (Å²) in [4.78, 5) is 19.9. The third-order valence-corrected chi connectivity index (χ3v) is 4.74. The first-order valence-electron chi connectivity index (χ1n) is 6.29. The fraction of sp³-hybridized carbons (Fsp3) is 0.538. The summed E-state index contributed by atoms with van der Waals surface area (Å²) < 4.78 is 2.21. The lowest BCUT2D eigenvalue weighted by molar-refractivity contribution is 0.384. The van der Waals surface area contributed by atoms with Crippen molar-refractivity contribution < 1.29 is 0 Å². The molecule has 0 fully saturated rings. The van der Waals surface area contributed by atoms with Crippen molar-refractivity contribution in [1.29, 1.82) is 0 Å². The molecule has 104 valence electrons. The van der Waals surface area contributed by atoms with E-state index in [4.69, 9.17) is 12.2 Å². The highest BCUT2D eigenvalue weighted by Gasteiger charge is 2.12. The highest BCUT2D eigenvalue weighted by molar-refractivity contribution is 7.71.